The highest BCUT2D eigenvalue weighted by Gasteiger charge is 2.37. The Kier molecular flexibility index (Phi) is 3.05. The first kappa shape index (κ1) is 13.4. The van der Waals surface area contributed by atoms with Crippen LogP contribution in [0, 0.1) is 6.92 Å². The maximum atomic E-state index is 12.7. The highest BCUT2D eigenvalue weighted by molar-refractivity contribution is 6.08. The van der Waals surface area contributed by atoms with E-state index in [0.29, 0.717) is 16.9 Å². The number of fused-ring (bicyclic) bond motifs is 1. The number of rotatable bonds is 2. The third-order valence-corrected chi connectivity index (χ3v) is 4.10. The van der Waals surface area contributed by atoms with Gasteiger partial charge in [0, 0.05) is 25.0 Å². The summed E-state index contributed by atoms with van der Waals surface area (Å²) in [6.07, 6.45) is 0. The van der Waals surface area contributed by atoms with Crippen LogP contribution in [-0.2, 0) is 11.8 Å². The molecule has 1 N–H and O–H groups in total. The van der Waals surface area contributed by atoms with Gasteiger partial charge < -0.3 is 14.6 Å². The molecule has 3 rings (SSSR count). The minimum absolute atomic E-state index is 0.165. The molecule has 2 heterocycles. The van der Waals surface area contributed by atoms with Crippen molar-refractivity contribution in [2.75, 3.05) is 11.4 Å². The van der Waals surface area contributed by atoms with Crippen molar-refractivity contribution in [2.24, 2.45) is 7.05 Å². The molecule has 1 unspecified atom stereocenters. The number of anilines is 1. The number of amides is 1. The minimum Gasteiger partial charge on any atom is -0.481 e. The lowest BCUT2D eigenvalue weighted by atomic mass is 10.0. The van der Waals surface area contributed by atoms with Crippen LogP contribution < -0.4 is 4.90 Å². The van der Waals surface area contributed by atoms with Gasteiger partial charge in [0.2, 0.25) is 0 Å². The maximum Gasteiger partial charge on any atom is 0.312 e. The Morgan fingerprint density at radius 2 is 1.90 bits per heavy atom. The predicted octanol–water partition coefficient (Wildman–Crippen LogP) is 2.16. The lowest BCUT2D eigenvalue weighted by Gasteiger charge is -2.18. The highest BCUT2D eigenvalue weighted by Crippen LogP contribution is 2.37. The van der Waals surface area contributed by atoms with Crippen molar-refractivity contribution in [3.8, 4) is 0 Å². The fourth-order valence-electron chi connectivity index (χ4n) is 2.78. The van der Waals surface area contributed by atoms with E-state index in [0.717, 1.165) is 5.69 Å². The van der Waals surface area contributed by atoms with Crippen LogP contribution in [0.4, 0.5) is 5.69 Å². The van der Waals surface area contributed by atoms with Gasteiger partial charge in [0.05, 0.1) is 0 Å². The molecule has 1 aromatic heterocycles. The van der Waals surface area contributed by atoms with Crippen molar-refractivity contribution in [3.05, 3.63) is 53.3 Å². The third kappa shape index (κ3) is 2.01. The maximum absolute atomic E-state index is 12.7. The number of carbonyl (C=O) groups is 2. The summed E-state index contributed by atoms with van der Waals surface area (Å²) in [6, 6.07) is 10.8. The first-order valence-electron chi connectivity index (χ1n) is 6.76. The number of para-hydroxylation sites is 1. The number of carboxylic acid groups (broad SMARTS) is 1. The Morgan fingerprint density at radius 3 is 2.52 bits per heavy atom. The Balaban J connectivity index is 2.03. The number of nitrogens with zero attached hydrogens (tertiary/aromatic N) is 2. The number of carbonyl (C=O) groups excluding carboxylic acids is 1. The fraction of sp³-hybridized carbons (Fsp3) is 0.250. The zero-order valence-electron chi connectivity index (χ0n) is 11.9. The van der Waals surface area contributed by atoms with Crippen LogP contribution in [0.1, 0.15) is 27.7 Å². The standard InChI is InChI=1S/C16H16N2O3/c1-10-7-8-14(17(10)2)15(19)18-9-12(16(20)21)11-5-3-4-6-13(11)18/h3-8,12H,9H2,1-2H3,(H,20,21). The topological polar surface area (TPSA) is 62.5 Å². The summed E-state index contributed by atoms with van der Waals surface area (Å²) in [6.45, 7) is 2.10. The molecule has 0 aliphatic carbocycles. The molecular weight excluding hydrogens is 268 g/mol. The van der Waals surface area contributed by atoms with E-state index in [-0.39, 0.29) is 12.5 Å². The van der Waals surface area contributed by atoms with Gasteiger partial charge in [0.1, 0.15) is 11.6 Å². The summed E-state index contributed by atoms with van der Waals surface area (Å²) < 4.78 is 1.82. The Bertz CT molecular complexity index is 733. The second kappa shape index (κ2) is 4.77. The average molecular weight is 284 g/mol. The second-order valence-corrected chi connectivity index (χ2v) is 5.28. The predicted molar refractivity (Wildman–Crippen MR) is 78.6 cm³/mol. The summed E-state index contributed by atoms with van der Waals surface area (Å²) >= 11 is 0. The molecule has 0 saturated carbocycles. The molecule has 0 radical (unpaired) electrons. The molecule has 108 valence electrons. The molecule has 1 aliphatic heterocycles. The number of hydrogen-bond donors (Lipinski definition) is 1. The Hall–Kier alpha value is -2.56. The van der Waals surface area contributed by atoms with Gasteiger partial charge in [-0.2, -0.15) is 0 Å². The molecule has 1 amide bonds. The first-order valence-corrected chi connectivity index (χ1v) is 6.76. The van der Waals surface area contributed by atoms with Crippen molar-refractivity contribution in [1.82, 2.24) is 4.57 Å². The molecule has 2 aromatic rings. The first-order chi connectivity index (χ1) is 10.0. The van der Waals surface area contributed by atoms with Crippen LogP contribution in [0.3, 0.4) is 0 Å². The molecule has 1 atom stereocenters. The van der Waals surface area contributed by atoms with Gasteiger partial charge in [0.15, 0.2) is 0 Å². The van der Waals surface area contributed by atoms with Gasteiger partial charge in [0.25, 0.3) is 5.91 Å². The molecule has 21 heavy (non-hydrogen) atoms. The van der Waals surface area contributed by atoms with E-state index in [1.54, 1.807) is 29.2 Å². The van der Waals surface area contributed by atoms with Gasteiger partial charge in [-0.3, -0.25) is 9.59 Å². The summed E-state index contributed by atoms with van der Waals surface area (Å²) in [5, 5.41) is 9.35. The van der Waals surface area contributed by atoms with Gasteiger partial charge in [-0.1, -0.05) is 18.2 Å². The Labute approximate surface area is 122 Å². The number of aliphatic carboxylic acids is 1. The lowest BCUT2D eigenvalue weighted by Crippen LogP contribution is -2.32. The zero-order chi connectivity index (χ0) is 15.1. The van der Waals surface area contributed by atoms with E-state index in [4.69, 9.17) is 0 Å². The van der Waals surface area contributed by atoms with Gasteiger partial charge in [-0.05, 0) is 30.7 Å². The highest BCUT2D eigenvalue weighted by atomic mass is 16.4. The molecule has 1 aliphatic rings. The summed E-state index contributed by atoms with van der Waals surface area (Å²) in [5.41, 5.74) is 2.94. The van der Waals surface area contributed by atoms with Crippen LogP contribution in [0.25, 0.3) is 0 Å². The lowest BCUT2D eigenvalue weighted by molar-refractivity contribution is -0.138. The third-order valence-electron chi connectivity index (χ3n) is 4.10. The van der Waals surface area contributed by atoms with Gasteiger partial charge >= 0.3 is 5.97 Å². The van der Waals surface area contributed by atoms with E-state index in [9.17, 15) is 14.7 Å². The SMILES string of the molecule is Cc1ccc(C(=O)N2CC(C(=O)O)c3ccccc32)n1C. The largest absolute Gasteiger partial charge is 0.481 e. The van der Waals surface area contributed by atoms with E-state index in [1.165, 1.54) is 0 Å². The van der Waals surface area contributed by atoms with E-state index in [2.05, 4.69) is 0 Å². The number of benzene rings is 1. The van der Waals surface area contributed by atoms with Crippen LogP contribution in [0.2, 0.25) is 0 Å². The molecular formula is C16H16N2O3. The molecule has 0 fully saturated rings. The smallest absolute Gasteiger partial charge is 0.312 e. The number of carboxylic acids is 1. The number of aromatic nitrogens is 1. The zero-order valence-corrected chi connectivity index (χ0v) is 11.9. The second-order valence-electron chi connectivity index (χ2n) is 5.28. The van der Waals surface area contributed by atoms with Gasteiger partial charge in [-0.15, -0.1) is 0 Å². The number of aryl methyl sites for hydroxylation is 1. The number of hydrogen-bond acceptors (Lipinski definition) is 2. The van der Waals surface area contributed by atoms with Crippen molar-refractivity contribution in [1.29, 1.82) is 0 Å². The monoisotopic (exact) mass is 284 g/mol. The molecule has 1 aromatic carbocycles. The van der Waals surface area contributed by atoms with Crippen molar-refractivity contribution < 1.29 is 14.7 Å². The summed E-state index contributed by atoms with van der Waals surface area (Å²) in [7, 11) is 1.83. The Morgan fingerprint density at radius 1 is 1.19 bits per heavy atom. The molecule has 5 nitrogen and oxygen atoms in total. The summed E-state index contributed by atoms with van der Waals surface area (Å²) in [4.78, 5) is 25.7. The molecule has 5 heteroatoms. The van der Waals surface area contributed by atoms with Gasteiger partial charge in [-0.25, -0.2) is 0 Å². The van der Waals surface area contributed by atoms with E-state index >= 15 is 0 Å². The molecule has 0 saturated heterocycles. The van der Waals surface area contributed by atoms with Crippen molar-refractivity contribution in [2.45, 2.75) is 12.8 Å². The molecule has 0 bridgehead atoms. The van der Waals surface area contributed by atoms with Crippen LogP contribution >= 0.6 is 0 Å². The van der Waals surface area contributed by atoms with Crippen LogP contribution in [-0.4, -0.2) is 28.1 Å². The quantitative estimate of drug-likeness (QED) is 0.919. The van der Waals surface area contributed by atoms with E-state index < -0.39 is 11.9 Å². The summed E-state index contributed by atoms with van der Waals surface area (Å²) in [5.74, 6) is -1.73. The minimum atomic E-state index is -0.902. The average Bonchev–Trinajstić information content (AvgIpc) is 3.00. The fourth-order valence-corrected chi connectivity index (χ4v) is 2.78. The molecule has 0 spiro atoms. The van der Waals surface area contributed by atoms with Crippen LogP contribution in [0.15, 0.2) is 36.4 Å². The van der Waals surface area contributed by atoms with Crippen molar-refractivity contribution in [3.63, 3.8) is 0 Å². The van der Waals surface area contributed by atoms with Crippen molar-refractivity contribution >= 4 is 17.6 Å². The van der Waals surface area contributed by atoms with Crippen LogP contribution in [0.5, 0.6) is 0 Å². The van der Waals surface area contributed by atoms with E-state index in [1.807, 2.05) is 30.7 Å². The normalized spacial score (nSPS) is 16.9.